The third-order valence-electron chi connectivity index (χ3n) is 7.00. The molecule has 3 aliphatic rings. The van der Waals surface area contributed by atoms with Gasteiger partial charge in [-0.3, -0.25) is 14.4 Å². The predicted molar refractivity (Wildman–Crippen MR) is 124 cm³/mol. The van der Waals surface area contributed by atoms with E-state index in [9.17, 15) is 14.4 Å². The molecule has 3 fully saturated rings. The minimum atomic E-state index is -0.109. The van der Waals surface area contributed by atoms with Crippen molar-refractivity contribution < 1.29 is 18.8 Å². The van der Waals surface area contributed by atoms with Crippen molar-refractivity contribution in [2.75, 3.05) is 49.5 Å². The Labute approximate surface area is 193 Å². The first-order valence-electron chi connectivity index (χ1n) is 11.9. The molecule has 3 heterocycles. The zero-order valence-corrected chi connectivity index (χ0v) is 18.8. The van der Waals surface area contributed by atoms with E-state index in [-0.39, 0.29) is 23.6 Å². The molecule has 0 spiro atoms. The molecule has 0 atom stereocenters. The maximum Gasteiger partial charge on any atom is 0.289 e. The predicted octanol–water partition coefficient (Wildman–Crippen LogP) is 3.22. The monoisotopic (exact) mass is 450 g/mol. The minimum absolute atomic E-state index is 0.0105. The number of piperazine rings is 1. The van der Waals surface area contributed by atoms with Crippen LogP contribution in [0.1, 0.15) is 53.0 Å². The van der Waals surface area contributed by atoms with E-state index >= 15 is 0 Å². The van der Waals surface area contributed by atoms with E-state index in [0.29, 0.717) is 43.2 Å². The summed E-state index contributed by atoms with van der Waals surface area (Å²) < 4.78 is 5.25. The van der Waals surface area contributed by atoms with Crippen LogP contribution in [0.2, 0.25) is 0 Å². The number of nitrogens with one attached hydrogen (secondary N) is 1. The molecule has 5 rings (SSSR count). The molecule has 2 aliphatic heterocycles. The quantitative estimate of drug-likeness (QED) is 0.756. The number of rotatable bonds is 5. The zero-order chi connectivity index (χ0) is 22.8. The van der Waals surface area contributed by atoms with Gasteiger partial charge in [0.25, 0.3) is 11.8 Å². The lowest BCUT2D eigenvalue weighted by Crippen LogP contribution is -2.49. The molecule has 0 radical (unpaired) electrons. The number of carbonyl (C=O) groups excluding carboxylic acids is 3. The molecule has 8 heteroatoms. The van der Waals surface area contributed by atoms with Crippen molar-refractivity contribution >= 4 is 29.1 Å². The van der Waals surface area contributed by atoms with E-state index in [4.69, 9.17) is 4.42 Å². The highest BCUT2D eigenvalue weighted by Crippen LogP contribution is 2.31. The van der Waals surface area contributed by atoms with Gasteiger partial charge in [-0.1, -0.05) is 6.42 Å². The fourth-order valence-electron chi connectivity index (χ4n) is 4.77. The second-order valence-electron chi connectivity index (χ2n) is 9.10. The van der Waals surface area contributed by atoms with Crippen molar-refractivity contribution in [2.45, 2.75) is 32.1 Å². The number of nitrogens with zero attached hydrogens (tertiary/aromatic N) is 3. The average molecular weight is 451 g/mol. The van der Waals surface area contributed by atoms with E-state index in [0.717, 1.165) is 50.9 Å². The van der Waals surface area contributed by atoms with Crippen molar-refractivity contribution in [3.63, 3.8) is 0 Å². The van der Waals surface area contributed by atoms with E-state index in [1.165, 1.54) is 6.26 Å². The zero-order valence-electron chi connectivity index (χ0n) is 18.8. The molecule has 2 aromatic rings. The van der Waals surface area contributed by atoms with Gasteiger partial charge in [-0.05, 0) is 56.0 Å². The summed E-state index contributed by atoms with van der Waals surface area (Å²) in [6, 6.07) is 9.03. The fourth-order valence-corrected chi connectivity index (χ4v) is 4.77. The Balaban J connectivity index is 1.34. The van der Waals surface area contributed by atoms with Gasteiger partial charge in [0.2, 0.25) is 5.91 Å². The maximum atomic E-state index is 13.4. The normalized spacial score (nSPS) is 18.8. The van der Waals surface area contributed by atoms with Gasteiger partial charge in [0.15, 0.2) is 5.76 Å². The molecule has 2 saturated heterocycles. The summed E-state index contributed by atoms with van der Waals surface area (Å²) >= 11 is 0. The Morgan fingerprint density at radius 1 is 0.848 bits per heavy atom. The van der Waals surface area contributed by atoms with Crippen LogP contribution in [-0.2, 0) is 4.79 Å². The van der Waals surface area contributed by atoms with Crippen LogP contribution in [-0.4, -0.2) is 66.8 Å². The molecule has 174 valence electrons. The average Bonchev–Trinajstić information content (AvgIpc) is 3.51. The Hall–Kier alpha value is -3.29. The Kier molecular flexibility index (Phi) is 6.07. The first-order valence-corrected chi connectivity index (χ1v) is 11.9. The number of carbonyl (C=O) groups is 3. The molecule has 1 saturated carbocycles. The fraction of sp³-hybridized carbons (Fsp3) is 0.480. The van der Waals surface area contributed by atoms with Gasteiger partial charge >= 0.3 is 0 Å². The third kappa shape index (κ3) is 4.47. The van der Waals surface area contributed by atoms with Crippen molar-refractivity contribution in [2.24, 2.45) is 5.92 Å². The molecule has 8 nitrogen and oxygen atoms in total. The lowest BCUT2D eigenvalue weighted by molar-refractivity contribution is -0.122. The maximum absolute atomic E-state index is 13.4. The highest BCUT2D eigenvalue weighted by Gasteiger charge is 2.29. The Bertz CT molecular complexity index is 1020. The van der Waals surface area contributed by atoms with Crippen molar-refractivity contribution in [1.29, 1.82) is 0 Å². The largest absolute Gasteiger partial charge is 0.459 e. The van der Waals surface area contributed by atoms with Gasteiger partial charge in [0.1, 0.15) is 0 Å². The first-order chi connectivity index (χ1) is 16.1. The molecule has 0 unspecified atom stereocenters. The summed E-state index contributed by atoms with van der Waals surface area (Å²) in [5.41, 5.74) is 2.15. The number of hydrogen-bond donors (Lipinski definition) is 1. The third-order valence-corrected chi connectivity index (χ3v) is 7.00. The van der Waals surface area contributed by atoms with Crippen LogP contribution in [0.4, 0.5) is 11.4 Å². The number of furan rings is 1. The lowest BCUT2D eigenvalue weighted by Gasteiger charge is -2.37. The number of likely N-dealkylation sites (tertiary alicyclic amines) is 1. The molecular weight excluding hydrogens is 420 g/mol. The summed E-state index contributed by atoms with van der Waals surface area (Å²) in [4.78, 5) is 44.3. The van der Waals surface area contributed by atoms with E-state index in [1.54, 1.807) is 17.0 Å². The summed E-state index contributed by atoms with van der Waals surface area (Å²) in [6.45, 7) is 3.89. The van der Waals surface area contributed by atoms with Crippen molar-refractivity contribution in [3.8, 4) is 0 Å². The summed E-state index contributed by atoms with van der Waals surface area (Å²) in [6.07, 6.45) is 6.52. The van der Waals surface area contributed by atoms with Crippen molar-refractivity contribution in [3.05, 3.63) is 47.9 Å². The highest BCUT2D eigenvalue weighted by molar-refractivity contribution is 6.02. The second-order valence-corrected chi connectivity index (χ2v) is 9.10. The topological polar surface area (TPSA) is 86.1 Å². The standard InChI is InChI=1S/C25H30N4O4/c30-23(18-5-3-6-18)26-19-8-9-21(20(17-19)24(31)28-10-1-2-11-28)27-12-14-29(15-13-27)25(32)22-7-4-16-33-22/h4,7-9,16-18H,1-3,5-6,10-15H2,(H,26,30). The van der Waals surface area contributed by atoms with E-state index < -0.39 is 0 Å². The SMILES string of the molecule is O=C(Nc1ccc(N2CCN(C(=O)c3ccco3)CC2)c(C(=O)N2CCCC2)c1)C1CCC1. The van der Waals surface area contributed by atoms with Gasteiger partial charge in [-0.2, -0.15) is 0 Å². The van der Waals surface area contributed by atoms with E-state index in [2.05, 4.69) is 10.2 Å². The van der Waals surface area contributed by atoms with Gasteiger partial charge in [0.05, 0.1) is 11.8 Å². The van der Waals surface area contributed by atoms with Crippen LogP contribution in [0.5, 0.6) is 0 Å². The molecule has 1 N–H and O–H groups in total. The molecule has 1 aliphatic carbocycles. The summed E-state index contributed by atoms with van der Waals surface area (Å²) in [5, 5.41) is 3.01. The van der Waals surface area contributed by atoms with Crippen LogP contribution in [0.3, 0.4) is 0 Å². The number of hydrogen-bond acceptors (Lipinski definition) is 5. The Morgan fingerprint density at radius 2 is 1.58 bits per heavy atom. The molecule has 0 bridgehead atoms. The van der Waals surface area contributed by atoms with Crippen molar-refractivity contribution in [1.82, 2.24) is 9.80 Å². The molecule has 3 amide bonds. The van der Waals surface area contributed by atoms with Crippen LogP contribution in [0, 0.1) is 5.92 Å². The van der Waals surface area contributed by atoms with Gasteiger partial charge < -0.3 is 24.4 Å². The van der Waals surface area contributed by atoms with Gasteiger partial charge in [-0.15, -0.1) is 0 Å². The number of amides is 3. The molecular formula is C25H30N4O4. The smallest absolute Gasteiger partial charge is 0.289 e. The molecule has 1 aromatic heterocycles. The second kappa shape index (κ2) is 9.29. The number of benzene rings is 1. The Morgan fingerprint density at radius 3 is 2.21 bits per heavy atom. The minimum Gasteiger partial charge on any atom is -0.459 e. The van der Waals surface area contributed by atoms with Crippen LogP contribution < -0.4 is 10.2 Å². The number of anilines is 2. The first kappa shape index (κ1) is 21.6. The highest BCUT2D eigenvalue weighted by atomic mass is 16.3. The van der Waals surface area contributed by atoms with Gasteiger partial charge in [0, 0.05) is 56.6 Å². The summed E-state index contributed by atoms with van der Waals surface area (Å²) in [5.74, 6) is 0.374. The van der Waals surface area contributed by atoms with Gasteiger partial charge in [-0.25, -0.2) is 0 Å². The van der Waals surface area contributed by atoms with Crippen LogP contribution >= 0.6 is 0 Å². The molecule has 33 heavy (non-hydrogen) atoms. The van der Waals surface area contributed by atoms with Crippen LogP contribution in [0.15, 0.2) is 41.0 Å². The molecule has 1 aromatic carbocycles. The lowest BCUT2D eigenvalue weighted by atomic mass is 9.85. The van der Waals surface area contributed by atoms with E-state index in [1.807, 2.05) is 23.1 Å². The van der Waals surface area contributed by atoms with Crippen LogP contribution in [0.25, 0.3) is 0 Å². The summed E-state index contributed by atoms with van der Waals surface area (Å²) in [7, 11) is 0.